The zero-order valence-corrected chi connectivity index (χ0v) is 10.3. The molecular weight excluding hydrogens is 206 g/mol. The molecule has 0 spiro atoms. The van der Waals surface area contributed by atoms with Gasteiger partial charge in [0.25, 0.3) is 0 Å². The summed E-state index contributed by atoms with van der Waals surface area (Å²) in [7, 11) is 0. The molecule has 1 atom stereocenters. The molecule has 1 unspecified atom stereocenters. The van der Waals surface area contributed by atoms with Crippen molar-refractivity contribution in [1.29, 1.82) is 0 Å². The smallest absolute Gasteiger partial charge is 0.322 e. The summed E-state index contributed by atoms with van der Waals surface area (Å²) in [6.07, 6.45) is 4.45. The molecule has 1 saturated carbocycles. The van der Waals surface area contributed by atoms with Crippen molar-refractivity contribution in [2.24, 2.45) is 5.41 Å². The number of ether oxygens (including phenoxy) is 1. The Morgan fingerprint density at radius 2 is 2.12 bits per heavy atom. The third-order valence-electron chi connectivity index (χ3n) is 3.42. The van der Waals surface area contributed by atoms with Crippen molar-refractivity contribution in [3.63, 3.8) is 0 Å². The highest BCUT2D eigenvalue weighted by atomic mass is 16.5. The number of carbonyl (C=O) groups excluding carboxylic acids is 1. The van der Waals surface area contributed by atoms with Crippen molar-refractivity contribution in [2.75, 3.05) is 19.8 Å². The van der Waals surface area contributed by atoms with Crippen LogP contribution in [0.25, 0.3) is 0 Å². The summed E-state index contributed by atoms with van der Waals surface area (Å²) >= 11 is 0. The Bertz CT molecular complexity index is 224. The minimum atomic E-state index is -0.288. The lowest BCUT2D eigenvalue weighted by Gasteiger charge is -2.28. The van der Waals surface area contributed by atoms with Gasteiger partial charge in [-0.3, -0.25) is 4.79 Å². The molecule has 16 heavy (non-hydrogen) atoms. The highest BCUT2D eigenvalue weighted by Crippen LogP contribution is 2.36. The summed E-state index contributed by atoms with van der Waals surface area (Å²) in [5.74, 6) is -0.214. The Hall–Kier alpha value is -0.610. The first-order chi connectivity index (χ1) is 7.63. The highest BCUT2D eigenvalue weighted by molar-refractivity contribution is 5.75. The predicted molar refractivity (Wildman–Crippen MR) is 62.1 cm³/mol. The van der Waals surface area contributed by atoms with Crippen LogP contribution in [-0.4, -0.2) is 36.9 Å². The Morgan fingerprint density at radius 1 is 1.50 bits per heavy atom. The van der Waals surface area contributed by atoms with Gasteiger partial charge in [0.05, 0.1) is 6.61 Å². The first-order valence-electron chi connectivity index (χ1n) is 6.14. The van der Waals surface area contributed by atoms with Crippen LogP contribution in [0, 0.1) is 5.41 Å². The number of nitrogens with one attached hydrogen (secondary N) is 1. The number of aliphatic hydroxyl groups excluding tert-OH is 1. The molecule has 1 aliphatic rings. The largest absolute Gasteiger partial charge is 0.465 e. The lowest BCUT2D eigenvalue weighted by atomic mass is 9.87. The Morgan fingerprint density at radius 3 is 2.62 bits per heavy atom. The third kappa shape index (κ3) is 3.46. The molecule has 4 nitrogen and oxygen atoms in total. The minimum Gasteiger partial charge on any atom is -0.465 e. The molecular formula is C12H23NO3. The van der Waals surface area contributed by atoms with Crippen LogP contribution in [0.5, 0.6) is 0 Å². The van der Waals surface area contributed by atoms with E-state index in [-0.39, 0.29) is 24.0 Å². The van der Waals surface area contributed by atoms with Gasteiger partial charge >= 0.3 is 5.97 Å². The van der Waals surface area contributed by atoms with Gasteiger partial charge in [-0.25, -0.2) is 0 Å². The van der Waals surface area contributed by atoms with Crippen molar-refractivity contribution < 1.29 is 14.6 Å². The molecule has 1 fully saturated rings. The summed E-state index contributed by atoms with van der Waals surface area (Å²) < 4.78 is 4.92. The summed E-state index contributed by atoms with van der Waals surface area (Å²) in [4.78, 5) is 11.4. The fourth-order valence-corrected chi connectivity index (χ4v) is 2.24. The molecule has 0 radical (unpaired) electrons. The molecule has 0 bridgehead atoms. The molecule has 4 heteroatoms. The summed E-state index contributed by atoms with van der Waals surface area (Å²) in [6, 6.07) is -0.288. The number of carbonyl (C=O) groups is 1. The molecule has 0 aromatic rings. The quantitative estimate of drug-likeness (QED) is 0.669. The van der Waals surface area contributed by atoms with Crippen LogP contribution in [-0.2, 0) is 9.53 Å². The van der Waals surface area contributed by atoms with E-state index in [9.17, 15) is 9.90 Å². The molecule has 1 rings (SSSR count). The Balaban J connectivity index is 2.34. The van der Waals surface area contributed by atoms with Crippen molar-refractivity contribution >= 4 is 5.97 Å². The van der Waals surface area contributed by atoms with Crippen LogP contribution >= 0.6 is 0 Å². The average Bonchev–Trinajstić information content (AvgIpc) is 2.75. The SMILES string of the molecule is CCOC(=O)C(C)NCC1(CO)CCCC1. The standard InChI is InChI=1S/C12H23NO3/c1-3-16-11(15)10(2)13-8-12(9-14)6-4-5-7-12/h10,13-14H,3-9H2,1-2H3. The maximum Gasteiger partial charge on any atom is 0.322 e. The summed E-state index contributed by atoms with van der Waals surface area (Å²) in [5, 5.41) is 12.6. The number of aliphatic hydroxyl groups is 1. The normalized spacial score (nSPS) is 20.7. The zero-order chi connectivity index (χ0) is 12.0. The lowest BCUT2D eigenvalue weighted by Crippen LogP contribution is -2.43. The minimum absolute atomic E-state index is 0.0131. The van der Waals surface area contributed by atoms with Gasteiger partial charge in [0.1, 0.15) is 6.04 Å². The molecule has 0 saturated heterocycles. The number of hydrogen-bond donors (Lipinski definition) is 2. The lowest BCUT2D eigenvalue weighted by molar-refractivity contribution is -0.145. The molecule has 2 N–H and O–H groups in total. The summed E-state index contributed by atoms with van der Waals surface area (Å²) in [6.45, 7) is 4.92. The van der Waals surface area contributed by atoms with Gasteiger partial charge in [0, 0.05) is 18.6 Å². The van der Waals surface area contributed by atoms with E-state index in [0.717, 1.165) is 12.8 Å². The molecule has 0 aromatic heterocycles. The van der Waals surface area contributed by atoms with E-state index in [1.54, 1.807) is 13.8 Å². The maximum absolute atomic E-state index is 11.4. The van der Waals surface area contributed by atoms with Crippen molar-refractivity contribution in [1.82, 2.24) is 5.32 Å². The van der Waals surface area contributed by atoms with E-state index >= 15 is 0 Å². The van der Waals surface area contributed by atoms with Gasteiger partial charge in [-0.05, 0) is 26.7 Å². The zero-order valence-electron chi connectivity index (χ0n) is 10.3. The molecule has 0 aliphatic heterocycles. The summed E-state index contributed by atoms with van der Waals surface area (Å²) in [5.41, 5.74) is -0.0131. The number of rotatable bonds is 6. The van der Waals surface area contributed by atoms with Gasteiger partial charge < -0.3 is 15.2 Å². The first-order valence-corrected chi connectivity index (χ1v) is 6.14. The van der Waals surface area contributed by atoms with Gasteiger partial charge in [-0.1, -0.05) is 12.8 Å². The van der Waals surface area contributed by atoms with Gasteiger partial charge in [0.15, 0.2) is 0 Å². The van der Waals surface area contributed by atoms with Crippen LogP contribution in [0.3, 0.4) is 0 Å². The van der Waals surface area contributed by atoms with Crippen LogP contribution in [0.1, 0.15) is 39.5 Å². The highest BCUT2D eigenvalue weighted by Gasteiger charge is 2.33. The molecule has 0 amide bonds. The second-order valence-corrected chi connectivity index (χ2v) is 4.72. The predicted octanol–water partition coefficient (Wildman–Crippen LogP) is 1.08. The number of hydrogen-bond acceptors (Lipinski definition) is 4. The van der Waals surface area contributed by atoms with Gasteiger partial charge in [0.2, 0.25) is 0 Å². The van der Waals surface area contributed by atoms with Crippen LogP contribution < -0.4 is 5.32 Å². The third-order valence-corrected chi connectivity index (χ3v) is 3.42. The monoisotopic (exact) mass is 229 g/mol. The van der Waals surface area contributed by atoms with E-state index in [4.69, 9.17) is 4.74 Å². The molecule has 0 heterocycles. The topological polar surface area (TPSA) is 58.6 Å². The van der Waals surface area contributed by atoms with Gasteiger partial charge in [-0.2, -0.15) is 0 Å². The van der Waals surface area contributed by atoms with Crippen molar-refractivity contribution in [2.45, 2.75) is 45.6 Å². The fraction of sp³-hybridized carbons (Fsp3) is 0.917. The maximum atomic E-state index is 11.4. The Labute approximate surface area is 97.4 Å². The first kappa shape index (κ1) is 13.5. The molecule has 1 aliphatic carbocycles. The van der Waals surface area contributed by atoms with E-state index in [0.29, 0.717) is 13.2 Å². The van der Waals surface area contributed by atoms with E-state index in [1.807, 2.05) is 0 Å². The number of esters is 1. The van der Waals surface area contributed by atoms with Gasteiger partial charge in [-0.15, -0.1) is 0 Å². The second-order valence-electron chi connectivity index (χ2n) is 4.72. The Kier molecular flexibility index (Phi) is 5.22. The average molecular weight is 229 g/mol. The van der Waals surface area contributed by atoms with Crippen LogP contribution in [0.15, 0.2) is 0 Å². The van der Waals surface area contributed by atoms with Crippen molar-refractivity contribution in [3.8, 4) is 0 Å². The van der Waals surface area contributed by atoms with E-state index in [2.05, 4.69) is 5.32 Å². The van der Waals surface area contributed by atoms with Crippen molar-refractivity contribution in [3.05, 3.63) is 0 Å². The van der Waals surface area contributed by atoms with Crippen LogP contribution in [0.2, 0.25) is 0 Å². The molecule has 94 valence electrons. The fourth-order valence-electron chi connectivity index (χ4n) is 2.24. The second kappa shape index (κ2) is 6.21. The molecule has 0 aromatic carbocycles. The van der Waals surface area contributed by atoms with Crippen LogP contribution in [0.4, 0.5) is 0 Å². The van der Waals surface area contributed by atoms with E-state index < -0.39 is 0 Å². The van der Waals surface area contributed by atoms with E-state index in [1.165, 1.54) is 12.8 Å².